The van der Waals surface area contributed by atoms with Crippen LogP contribution in [0.4, 0.5) is 10.1 Å². The molecule has 3 nitrogen and oxygen atoms in total. The highest BCUT2D eigenvalue weighted by Crippen LogP contribution is 2.41. The average molecular weight is 263 g/mol. The van der Waals surface area contributed by atoms with E-state index >= 15 is 0 Å². The molecule has 0 aliphatic carbocycles. The first-order valence-corrected chi connectivity index (χ1v) is 6.83. The monoisotopic (exact) mass is 263 g/mol. The molecule has 2 aliphatic rings. The van der Waals surface area contributed by atoms with E-state index in [1.165, 1.54) is 13.0 Å². The number of hydrogen-bond acceptors (Lipinski definition) is 3. The molecule has 0 amide bonds. The van der Waals surface area contributed by atoms with Crippen LogP contribution in [0, 0.1) is 5.82 Å². The van der Waals surface area contributed by atoms with Gasteiger partial charge in [0.15, 0.2) is 5.78 Å². The van der Waals surface area contributed by atoms with Gasteiger partial charge >= 0.3 is 0 Å². The zero-order chi connectivity index (χ0) is 13.6. The second-order valence-corrected chi connectivity index (χ2v) is 5.61. The van der Waals surface area contributed by atoms with Gasteiger partial charge in [-0.2, -0.15) is 0 Å². The molecule has 2 heterocycles. The van der Waals surface area contributed by atoms with Gasteiger partial charge in [0.1, 0.15) is 5.82 Å². The lowest BCUT2D eigenvalue weighted by atomic mass is 9.97. The summed E-state index contributed by atoms with van der Waals surface area (Å²) in [5.41, 5.74) is 0.891. The maximum atomic E-state index is 13.9. The molecule has 4 heteroatoms. The van der Waals surface area contributed by atoms with Gasteiger partial charge in [-0.1, -0.05) is 6.07 Å². The highest BCUT2D eigenvalue weighted by atomic mass is 19.1. The average Bonchev–Trinajstić information content (AvgIpc) is 2.60. The van der Waals surface area contributed by atoms with E-state index in [9.17, 15) is 14.3 Å². The van der Waals surface area contributed by atoms with E-state index in [1.54, 1.807) is 6.07 Å². The highest BCUT2D eigenvalue weighted by molar-refractivity contribution is 6.00. The summed E-state index contributed by atoms with van der Waals surface area (Å²) in [7, 11) is 0. The van der Waals surface area contributed by atoms with Crippen LogP contribution in [0.25, 0.3) is 0 Å². The fourth-order valence-corrected chi connectivity index (χ4v) is 3.62. The predicted octanol–water partition coefficient (Wildman–Crippen LogP) is 2.52. The molecule has 0 saturated carbocycles. The van der Waals surface area contributed by atoms with Crippen LogP contribution in [0.1, 0.15) is 43.0 Å². The van der Waals surface area contributed by atoms with Crippen molar-refractivity contribution < 1.29 is 14.3 Å². The maximum Gasteiger partial charge on any atom is 0.164 e. The highest BCUT2D eigenvalue weighted by Gasteiger charge is 2.41. The Hall–Kier alpha value is -1.42. The molecule has 2 atom stereocenters. The number of benzene rings is 1. The molecule has 0 aromatic heterocycles. The quantitative estimate of drug-likeness (QED) is 0.833. The van der Waals surface area contributed by atoms with Crippen molar-refractivity contribution in [3.8, 4) is 0 Å². The topological polar surface area (TPSA) is 40.5 Å². The smallest absolute Gasteiger partial charge is 0.164 e. The van der Waals surface area contributed by atoms with Crippen LogP contribution < -0.4 is 4.90 Å². The number of carbonyl (C=O) groups excluding carboxylic acids is 1. The Balaban J connectivity index is 2.04. The molecule has 2 saturated heterocycles. The summed E-state index contributed by atoms with van der Waals surface area (Å²) < 4.78 is 13.9. The standard InChI is InChI=1S/C15H18FNO2/c1-9(18)15-13(16)3-2-4-14(15)17-10-5-6-11(17)8-12(19)7-10/h2-4,10-12,19H,5-8H2,1H3. The van der Waals surface area contributed by atoms with E-state index in [4.69, 9.17) is 0 Å². The number of nitrogens with zero attached hydrogens (tertiary/aromatic N) is 1. The summed E-state index contributed by atoms with van der Waals surface area (Å²) in [6.45, 7) is 1.41. The first kappa shape index (κ1) is 12.6. The summed E-state index contributed by atoms with van der Waals surface area (Å²) in [6, 6.07) is 5.27. The van der Waals surface area contributed by atoms with Gasteiger partial charge in [-0.3, -0.25) is 4.79 Å². The van der Waals surface area contributed by atoms with Crippen LogP contribution in [-0.4, -0.2) is 29.1 Å². The van der Waals surface area contributed by atoms with Gasteiger partial charge in [-0.05, 0) is 44.7 Å². The first-order chi connectivity index (χ1) is 9.08. The molecule has 2 unspecified atom stereocenters. The van der Waals surface area contributed by atoms with E-state index in [2.05, 4.69) is 4.90 Å². The van der Waals surface area contributed by atoms with Gasteiger partial charge in [0.2, 0.25) is 0 Å². The summed E-state index contributed by atoms with van der Waals surface area (Å²) in [4.78, 5) is 13.9. The molecular weight excluding hydrogens is 245 g/mol. The molecule has 2 fully saturated rings. The third-order valence-electron chi connectivity index (χ3n) is 4.33. The van der Waals surface area contributed by atoms with Gasteiger partial charge in [0.05, 0.1) is 17.4 Å². The molecule has 0 spiro atoms. The van der Waals surface area contributed by atoms with Crippen molar-refractivity contribution in [2.45, 2.75) is 50.8 Å². The second kappa shape index (κ2) is 4.60. The maximum absolute atomic E-state index is 13.9. The number of ketones is 1. The lowest BCUT2D eigenvalue weighted by molar-refractivity contribution is 0.101. The Bertz CT molecular complexity index is 503. The Morgan fingerprint density at radius 1 is 1.32 bits per heavy atom. The SMILES string of the molecule is CC(=O)c1c(F)cccc1N1C2CCC1CC(O)C2. The molecule has 1 N–H and O–H groups in total. The Kier molecular flexibility index (Phi) is 3.05. The fraction of sp³-hybridized carbons (Fsp3) is 0.533. The van der Waals surface area contributed by atoms with E-state index in [0.29, 0.717) is 18.5 Å². The first-order valence-electron chi connectivity index (χ1n) is 6.83. The summed E-state index contributed by atoms with van der Waals surface area (Å²) in [5, 5.41) is 9.82. The molecular formula is C15H18FNO2. The van der Waals surface area contributed by atoms with E-state index < -0.39 is 5.82 Å². The molecule has 1 aromatic rings. The van der Waals surface area contributed by atoms with Gasteiger partial charge in [0, 0.05) is 12.1 Å². The number of halogens is 1. The molecule has 19 heavy (non-hydrogen) atoms. The lowest BCUT2D eigenvalue weighted by Gasteiger charge is -2.39. The molecule has 1 aromatic carbocycles. The zero-order valence-corrected chi connectivity index (χ0v) is 11.0. The second-order valence-electron chi connectivity index (χ2n) is 5.61. The van der Waals surface area contributed by atoms with E-state index in [-0.39, 0.29) is 29.5 Å². The summed E-state index contributed by atoms with van der Waals surface area (Å²) >= 11 is 0. The number of Topliss-reactive ketones (excluding diaryl/α,β-unsaturated/α-hetero) is 1. The molecule has 3 rings (SSSR count). The van der Waals surface area contributed by atoms with Crippen molar-refractivity contribution in [1.82, 2.24) is 0 Å². The minimum absolute atomic E-state index is 0.191. The third-order valence-corrected chi connectivity index (χ3v) is 4.33. The van der Waals surface area contributed by atoms with Gasteiger partial charge < -0.3 is 10.0 Å². The van der Waals surface area contributed by atoms with Crippen LogP contribution in [0.3, 0.4) is 0 Å². The zero-order valence-electron chi connectivity index (χ0n) is 11.0. The van der Waals surface area contributed by atoms with Crippen LogP contribution in [0.5, 0.6) is 0 Å². The van der Waals surface area contributed by atoms with E-state index in [1.807, 2.05) is 6.07 Å². The number of anilines is 1. The lowest BCUT2D eigenvalue weighted by Crippen LogP contribution is -2.45. The normalized spacial score (nSPS) is 29.6. The number of aliphatic hydroxyl groups is 1. The number of rotatable bonds is 2. The molecule has 2 bridgehead atoms. The fourth-order valence-electron chi connectivity index (χ4n) is 3.62. The van der Waals surface area contributed by atoms with Crippen molar-refractivity contribution in [2.75, 3.05) is 4.90 Å². The van der Waals surface area contributed by atoms with Gasteiger partial charge in [-0.15, -0.1) is 0 Å². The number of piperidine rings is 1. The largest absolute Gasteiger partial charge is 0.393 e. The number of aliphatic hydroxyl groups excluding tert-OH is 1. The Morgan fingerprint density at radius 2 is 1.95 bits per heavy atom. The minimum atomic E-state index is -0.449. The van der Waals surface area contributed by atoms with Crippen LogP contribution in [0.15, 0.2) is 18.2 Å². The predicted molar refractivity (Wildman–Crippen MR) is 70.9 cm³/mol. The van der Waals surface area contributed by atoms with Crippen molar-refractivity contribution in [3.05, 3.63) is 29.6 Å². The third kappa shape index (κ3) is 2.04. The molecule has 2 aliphatic heterocycles. The van der Waals surface area contributed by atoms with Gasteiger partial charge in [0.25, 0.3) is 0 Å². The minimum Gasteiger partial charge on any atom is -0.393 e. The number of fused-ring (bicyclic) bond motifs is 2. The number of carbonyl (C=O) groups is 1. The van der Waals surface area contributed by atoms with Crippen molar-refractivity contribution in [2.24, 2.45) is 0 Å². The van der Waals surface area contributed by atoms with Crippen LogP contribution >= 0.6 is 0 Å². The summed E-state index contributed by atoms with van der Waals surface area (Å²) in [5.74, 6) is -0.686. The van der Waals surface area contributed by atoms with Gasteiger partial charge in [-0.25, -0.2) is 4.39 Å². The Morgan fingerprint density at radius 3 is 2.53 bits per heavy atom. The molecule has 102 valence electrons. The van der Waals surface area contributed by atoms with Crippen molar-refractivity contribution >= 4 is 11.5 Å². The summed E-state index contributed by atoms with van der Waals surface area (Å²) in [6.07, 6.45) is 3.18. The number of hydrogen-bond donors (Lipinski definition) is 1. The van der Waals surface area contributed by atoms with Crippen molar-refractivity contribution in [1.29, 1.82) is 0 Å². The van der Waals surface area contributed by atoms with Crippen LogP contribution in [-0.2, 0) is 0 Å². The van der Waals surface area contributed by atoms with Crippen LogP contribution in [0.2, 0.25) is 0 Å². The van der Waals surface area contributed by atoms with E-state index in [0.717, 1.165) is 12.8 Å². The Labute approximate surface area is 112 Å². The molecule has 0 radical (unpaired) electrons. The van der Waals surface area contributed by atoms with Crippen molar-refractivity contribution in [3.63, 3.8) is 0 Å².